The number of halogens is 1. The van der Waals surface area contributed by atoms with Gasteiger partial charge in [0, 0.05) is 13.0 Å². The highest BCUT2D eigenvalue weighted by Crippen LogP contribution is 2.30. The molecule has 0 aromatic heterocycles. The maximum Gasteiger partial charge on any atom is 0.340 e. The minimum absolute atomic E-state index is 0.0161. The smallest absolute Gasteiger partial charge is 0.340 e. The standard InChI is InChI=1S/C13H15FN2O3/c1-19-13(18)9-3-2-4-10(14)12(9)16-7-8(6-15)5-11(16)17/h2-4,8H,5-7,15H2,1H3. The minimum Gasteiger partial charge on any atom is -0.465 e. The number of nitrogens with zero attached hydrogens (tertiary/aromatic N) is 1. The van der Waals surface area contributed by atoms with Gasteiger partial charge in [-0.3, -0.25) is 4.79 Å². The lowest BCUT2D eigenvalue weighted by Gasteiger charge is -2.20. The van der Waals surface area contributed by atoms with Gasteiger partial charge in [-0.25, -0.2) is 9.18 Å². The van der Waals surface area contributed by atoms with Gasteiger partial charge in [-0.05, 0) is 24.6 Å². The van der Waals surface area contributed by atoms with Gasteiger partial charge in [-0.1, -0.05) is 6.07 Å². The Bertz CT molecular complexity index is 519. The lowest BCUT2D eigenvalue weighted by molar-refractivity contribution is -0.117. The highest BCUT2D eigenvalue weighted by Gasteiger charge is 2.33. The quantitative estimate of drug-likeness (QED) is 0.826. The van der Waals surface area contributed by atoms with Gasteiger partial charge in [0.2, 0.25) is 5.91 Å². The number of hydrogen-bond acceptors (Lipinski definition) is 4. The van der Waals surface area contributed by atoms with E-state index in [1.54, 1.807) is 0 Å². The Labute approximate surface area is 110 Å². The Kier molecular flexibility index (Phi) is 3.80. The normalized spacial score (nSPS) is 18.8. The second kappa shape index (κ2) is 5.36. The number of anilines is 1. The molecule has 0 aliphatic carbocycles. The number of methoxy groups -OCH3 is 1. The van der Waals surface area contributed by atoms with Crippen LogP contribution in [0.4, 0.5) is 10.1 Å². The van der Waals surface area contributed by atoms with Crippen LogP contribution in [0.1, 0.15) is 16.8 Å². The van der Waals surface area contributed by atoms with Gasteiger partial charge < -0.3 is 15.4 Å². The van der Waals surface area contributed by atoms with Gasteiger partial charge in [0.25, 0.3) is 0 Å². The molecule has 0 spiro atoms. The van der Waals surface area contributed by atoms with Gasteiger partial charge >= 0.3 is 5.97 Å². The molecular formula is C13H15FN2O3. The molecule has 1 aromatic rings. The summed E-state index contributed by atoms with van der Waals surface area (Å²) in [5.41, 5.74) is 5.57. The van der Waals surface area contributed by atoms with E-state index in [9.17, 15) is 14.0 Å². The summed E-state index contributed by atoms with van der Waals surface area (Å²) in [4.78, 5) is 24.8. The Hall–Kier alpha value is -1.95. The summed E-state index contributed by atoms with van der Waals surface area (Å²) in [7, 11) is 1.21. The predicted molar refractivity (Wildman–Crippen MR) is 67.3 cm³/mol. The van der Waals surface area contributed by atoms with Crippen LogP contribution in [-0.4, -0.2) is 32.1 Å². The maximum atomic E-state index is 14.0. The fraction of sp³-hybridized carbons (Fsp3) is 0.385. The van der Waals surface area contributed by atoms with Gasteiger partial charge in [-0.2, -0.15) is 0 Å². The molecule has 1 aromatic carbocycles. The molecule has 1 saturated heterocycles. The summed E-state index contributed by atoms with van der Waals surface area (Å²) in [5.74, 6) is -1.53. The number of esters is 1. The van der Waals surface area contributed by atoms with Crippen LogP contribution in [0.5, 0.6) is 0 Å². The third kappa shape index (κ3) is 2.44. The lowest BCUT2D eigenvalue weighted by atomic mass is 10.1. The largest absolute Gasteiger partial charge is 0.465 e. The second-order valence-corrected chi connectivity index (χ2v) is 4.44. The van der Waals surface area contributed by atoms with Crippen LogP contribution in [0.3, 0.4) is 0 Å². The van der Waals surface area contributed by atoms with E-state index in [2.05, 4.69) is 4.74 Å². The van der Waals surface area contributed by atoms with Crippen molar-refractivity contribution in [3.05, 3.63) is 29.6 Å². The van der Waals surface area contributed by atoms with E-state index in [1.165, 1.54) is 30.2 Å². The second-order valence-electron chi connectivity index (χ2n) is 4.44. The molecule has 1 heterocycles. The van der Waals surface area contributed by atoms with Gasteiger partial charge in [0.15, 0.2) is 0 Å². The van der Waals surface area contributed by atoms with Crippen molar-refractivity contribution in [3.8, 4) is 0 Å². The molecule has 1 fully saturated rings. The molecule has 1 aliphatic heterocycles. The third-order valence-electron chi connectivity index (χ3n) is 3.20. The maximum absolute atomic E-state index is 14.0. The average Bonchev–Trinajstić information content (AvgIpc) is 2.78. The summed E-state index contributed by atoms with van der Waals surface area (Å²) < 4.78 is 18.6. The minimum atomic E-state index is -0.668. The zero-order chi connectivity index (χ0) is 14.0. The third-order valence-corrected chi connectivity index (χ3v) is 3.20. The van der Waals surface area contributed by atoms with Crippen LogP contribution in [0.25, 0.3) is 0 Å². The van der Waals surface area contributed by atoms with E-state index in [1.807, 2.05) is 0 Å². The highest BCUT2D eigenvalue weighted by molar-refractivity contribution is 6.03. The van der Waals surface area contributed by atoms with Gasteiger partial charge in [0.05, 0.1) is 18.4 Å². The average molecular weight is 266 g/mol. The first kappa shape index (κ1) is 13.5. The van der Waals surface area contributed by atoms with Gasteiger partial charge in [-0.15, -0.1) is 0 Å². The van der Waals surface area contributed by atoms with E-state index >= 15 is 0 Å². The SMILES string of the molecule is COC(=O)c1cccc(F)c1N1CC(CN)CC1=O. The molecule has 0 radical (unpaired) electrons. The highest BCUT2D eigenvalue weighted by atomic mass is 19.1. The molecule has 19 heavy (non-hydrogen) atoms. The molecule has 5 nitrogen and oxygen atoms in total. The number of amides is 1. The Morgan fingerprint density at radius 1 is 1.58 bits per heavy atom. The van der Waals surface area contributed by atoms with E-state index in [-0.39, 0.29) is 29.5 Å². The van der Waals surface area contributed by atoms with E-state index in [0.717, 1.165) is 0 Å². The molecule has 1 aliphatic rings. The fourth-order valence-electron chi connectivity index (χ4n) is 2.22. The number of ether oxygens (including phenoxy) is 1. The first-order valence-electron chi connectivity index (χ1n) is 5.95. The Balaban J connectivity index is 2.44. The number of carbonyl (C=O) groups excluding carboxylic acids is 2. The van der Waals surface area contributed by atoms with Crippen molar-refractivity contribution >= 4 is 17.6 Å². The number of rotatable bonds is 3. The monoisotopic (exact) mass is 266 g/mol. The molecule has 6 heteroatoms. The Morgan fingerprint density at radius 2 is 2.32 bits per heavy atom. The van der Waals surface area contributed by atoms with Crippen molar-refractivity contribution in [3.63, 3.8) is 0 Å². The zero-order valence-corrected chi connectivity index (χ0v) is 10.6. The molecule has 1 atom stereocenters. The molecule has 2 rings (SSSR count). The van der Waals surface area contributed by atoms with Gasteiger partial charge in [0.1, 0.15) is 5.82 Å². The number of para-hydroxylation sites is 1. The molecule has 1 amide bonds. The van der Waals surface area contributed by atoms with E-state index < -0.39 is 11.8 Å². The van der Waals surface area contributed by atoms with Crippen molar-refractivity contribution in [1.82, 2.24) is 0 Å². The first-order valence-corrected chi connectivity index (χ1v) is 5.95. The zero-order valence-electron chi connectivity index (χ0n) is 10.6. The fourth-order valence-corrected chi connectivity index (χ4v) is 2.22. The molecule has 0 saturated carbocycles. The molecule has 2 N–H and O–H groups in total. The van der Waals surface area contributed by atoms with Crippen molar-refractivity contribution in [2.45, 2.75) is 6.42 Å². The van der Waals surface area contributed by atoms with Crippen molar-refractivity contribution < 1.29 is 18.7 Å². The molecule has 0 bridgehead atoms. The van der Waals surface area contributed by atoms with Crippen LogP contribution in [0.15, 0.2) is 18.2 Å². The predicted octanol–water partition coefficient (Wildman–Crippen LogP) is 0.924. The summed E-state index contributed by atoms with van der Waals surface area (Å²) in [6.45, 7) is 0.671. The number of hydrogen-bond donors (Lipinski definition) is 1. The van der Waals surface area contributed by atoms with Crippen molar-refractivity contribution in [2.75, 3.05) is 25.1 Å². The van der Waals surface area contributed by atoms with Crippen LogP contribution in [0.2, 0.25) is 0 Å². The lowest BCUT2D eigenvalue weighted by Crippen LogP contribution is -2.28. The van der Waals surface area contributed by atoms with Crippen LogP contribution in [0, 0.1) is 11.7 Å². The molecule has 1 unspecified atom stereocenters. The van der Waals surface area contributed by atoms with E-state index in [4.69, 9.17) is 5.73 Å². The summed E-state index contributed by atoms with van der Waals surface area (Å²) in [5, 5.41) is 0. The van der Waals surface area contributed by atoms with E-state index in [0.29, 0.717) is 13.1 Å². The molecular weight excluding hydrogens is 251 g/mol. The number of nitrogens with two attached hydrogens (primary N) is 1. The number of benzene rings is 1. The van der Waals surface area contributed by atoms with Crippen LogP contribution in [-0.2, 0) is 9.53 Å². The van der Waals surface area contributed by atoms with Crippen molar-refractivity contribution in [2.24, 2.45) is 11.7 Å². The Morgan fingerprint density at radius 3 is 2.89 bits per heavy atom. The summed E-state index contributed by atoms with van der Waals surface area (Å²) in [6, 6.07) is 4.06. The van der Waals surface area contributed by atoms with Crippen LogP contribution < -0.4 is 10.6 Å². The first-order chi connectivity index (χ1) is 9.08. The number of carbonyl (C=O) groups is 2. The van der Waals surface area contributed by atoms with Crippen molar-refractivity contribution in [1.29, 1.82) is 0 Å². The summed E-state index contributed by atoms with van der Waals surface area (Å²) in [6.07, 6.45) is 0.269. The molecule has 102 valence electrons. The topological polar surface area (TPSA) is 72.6 Å². The summed E-state index contributed by atoms with van der Waals surface area (Å²) >= 11 is 0. The van der Waals surface area contributed by atoms with Crippen LogP contribution >= 0.6 is 0 Å².